The van der Waals surface area contributed by atoms with E-state index >= 15 is 0 Å². The van der Waals surface area contributed by atoms with Crippen LogP contribution >= 0.6 is 0 Å². The first-order chi connectivity index (χ1) is 25.1. The molecule has 4 amide bonds. The number of anilines is 2. The van der Waals surface area contributed by atoms with E-state index in [1.54, 1.807) is 24.3 Å². The Morgan fingerprint density at radius 3 is 2.49 bits per heavy atom. The monoisotopic (exact) mass is 746 g/mol. The second kappa shape index (κ2) is 17.0. The molecule has 2 aromatic carbocycles. The predicted octanol–water partition coefficient (Wildman–Crippen LogP) is 7.93. The largest absolute Gasteiger partial charge is 0.453 e. The Morgan fingerprint density at radius 2 is 1.79 bits per heavy atom. The van der Waals surface area contributed by atoms with Crippen molar-refractivity contribution in [1.29, 1.82) is 0 Å². The molecule has 1 atom stereocenters. The maximum atomic E-state index is 14.0. The molecule has 14 heteroatoms. The fraction of sp³-hybridized carbons (Fsp3) is 0.513. The van der Waals surface area contributed by atoms with Gasteiger partial charge in [0.2, 0.25) is 5.91 Å². The summed E-state index contributed by atoms with van der Waals surface area (Å²) in [6.45, 7) is 13.5. The van der Waals surface area contributed by atoms with Gasteiger partial charge in [0.05, 0.1) is 24.5 Å². The molecule has 0 saturated heterocycles. The quantitative estimate of drug-likeness (QED) is 0.114. The van der Waals surface area contributed by atoms with E-state index in [4.69, 9.17) is 19.2 Å². The van der Waals surface area contributed by atoms with Gasteiger partial charge < -0.3 is 34.7 Å². The van der Waals surface area contributed by atoms with E-state index in [1.165, 1.54) is 7.11 Å². The summed E-state index contributed by atoms with van der Waals surface area (Å²) in [5, 5.41) is 11.8. The lowest BCUT2D eigenvalue weighted by atomic mass is 9.99. The number of aromatic nitrogens is 2. The van der Waals surface area contributed by atoms with Crippen molar-refractivity contribution < 1.29 is 33.4 Å². The molecular formula is C39H54N6O7Si. The SMILES string of the molecule is COC(=O)Nc1ccc2c(c1)NC(=O)CCCC[C@H](NC(=O)c1ccc(CNC(=O)OC(C)(C)C)c(C3CC3)c1)c1nc-2cn1COCC[Si](C)(C)C. The molecule has 3 aromatic rings. The van der Waals surface area contributed by atoms with E-state index in [1.807, 2.05) is 43.7 Å². The Bertz CT molecular complexity index is 1810. The van der Waals surface area contributed by atoms with Crippen LogP contribution in [0.2, 0.25) is 25.7 Å². The van der Waals surface area contributed by atoms with Crippen molar-refractivity contribution in [3.8, 4) is 11.3 Å². The van der Waals surface area contributed by atoms with E-state index in [9.17, 15) is 19.2 Å². The molecule has 2 aliphatic rings. The molecule has 4 N–H and O–H groups in total. The molecule has 13 nitrogen and oxygen atoms in total. The van der Waals surface area contributed by atoms with E-state index < -0.39 is 31.9 Å². The molecule has 1 aromatic heterocycles. The summed E-state index contributed by atoms with van der Waals surface area (Å²) in [4.78, 5) is 56.5. The normalized spacial score (nSPS) is 16.3. The predicted molar refractivity (Wildman–Crippen MR) is 207 cm³/mol. The minimum atomic E-state index is -1.33. The van der Waals surface area contributed by atoms with Crippen LogP contribution in [0.5, 0.6) is 0 Å². The van der Waals surface area contributed by atoms with Crippen LogP contribution in [-0.4, -0.2) is 60.9 Å². The summed E-state index contributed by atoms with van der Waals surface area (Å²) < 4.78 is 18.3. The third-order valence-electron chi connectivity index (χ3n) is 9.05. The van der Waals surface area contributed by atoms with Gasteiger partial charge in [-0.3, -0.25) is 14.9 Å². The third kappa shape index (κ3) is 11.6. The molecule has 2 bridgehead atoms. The first-order valence-electron chi connectivity index (χ1n) is 18.4. The van der Waals surface area contributed by atoms with E-state index in [2.05, 4.69) is 40.9 Å². The highest BCUT2D eigenvalue weighted by Crippen LogP contribution is 2.42. The number of benzene rings is 2. The summed E-state index contributed by atoms with van der Waals surface area (Å²) in [5.74, 6) is 0.592. The minimum Gasteiger partial charge on any atom is -0.453 e. The minimum absolute atomic E-state index is 0.161. The Kier molecular flexibility index (Phi) is 12.7. The number of hydrogen-bond donors (Lipinski definition) is 4. The first-order valence-corrected chi connectivity index (χ1v) is 22.1. The number of nitrogens with zero attached hydrogens (tertiary/aromatic N) is 2. The van der Waals surface area contributed by atoms with Crippen molar-refractivity contribution >= 4 is 43.4 Å². The van der Waals surface area contributed by atoms with Gasteiger partial charge in [-0.1, -0.05) is 32.1 Å². The molecule has 1 aliphatic heterocycles. The Balaban J connectivity index is 1.45. The zero-order chi connectivity index (χ0) is 38.3. The number of fused-ring (bicyclic) bond motifs is 4. The van der Waals surface area contributed by atoms with Gasteiger partial charge in [0.1, 0.15) is 18.2 Å². The van der Waals surface area contributed by atoms with Crippen LogP contribution in [0.1, 0.15) is 98.6 Å². The fourth-order valence-corrected chi connectivity index (χ4v) is 6.86. The molecular weight excluding hydrogens is 693 g/mol. The summed E-state index contributed by atoms with van der Waals surface area (Å²) >= 11 is 0. The average molecular weight is 747 g/mol. The highest BCUT2D eigenvalue weighted by atomic mass is 28.3. The van der Waals surface area contributed by atoms with Crippen molar-refractivity contribution in [3.63, 3.8) is 0 Å². The molecule has 0 spiro atoms. The number of alkyl carbamates (subject to hydrolysis) is 1. The third-order valence-corrected chi connectivity index (χ3v) is 10.8. The van der Waals surface area contributed by atoms with Crippen LogP contribution < -0.4 is 21.3 Å². The van der Waals surface area contributed by atoms with Crippen LogP contribution in [0.25, 0.3) is 11.3 Å². The van der Waals surface area contributed by atoms with Gasteiger partial charge in [-0.15, -0.1) is 0 Å². The van der Waals surface area contributed by atoms with Crippen molar-refractivity contribution in [3.05, 3.63) is 65.1 Å². The number of carbonyl (C=O) groups is 4. The highest BCUT2D eigenvalue weighted by molar-refractivity contribution is 6.76. The number of hydrogen-bond acceptors (Lipinski definition) is 8. The summed E-state index contributed by atoms with van der Waals surface area (Å²) in [6, 6.07) is 11.4. The fourth-order valence-electron chi connectivity index (χ4n) is 6.11. The Morgan fingerprint density at radius 1 is 1.02 bits per heavy atom. The van der Waals surface area contributed by atoms with Gasteiger partial charge >= 0.3 is 12.2 Å². The van der Waals surface area contributed by atoms with Gasteiger partial charge in [-0.25, -0.2) is 14.6 Å². The van der Waals surface area contributed by atoms with Gasteiger partial charge in [0.15, 0.2) is 0 Å². The second-order valence-corrected chi connectivity index (χ2v) is 21.7. The number of methoxy groups -OCH3 is 1. The lowest BCUT2D eigenvalue weighted by molar-refractivity contribution is -0.116. The molecule has 53 heavy (non-hydrogen) atoms. The van der Waals surface area contributed by atoms with Gasteiger partial charge in [-0.2, -0.15) is 0 Å². The maximum Gasteiger partial charge on any atom is 0.411 e. The number of amides is 4. The highest BCUT2D eigenvalue weighted by Gasteiger charge is 2.29. The number of imidazole rings is 1. The summed E-state index contributed by atoms with van der Waals surface area (Å²) in [6.07, 6.45) is 4.94. The summed E-state index contributed by atoms with van der Waals surface area (Å²) in [7, 11) is -0.0480. The molecule has 1 fully saturated rings. The Labute approximate surface area is 312 Å². The van der Waals surface area contributed by atoms with E-state index in [-0.39, 0.29) is 25.0 Å². The average Bonchev–Trinajstić information content (AvgIpc) is 3.84. The van der Waals surface area contributed by atoms with Crippen molar-refractivity contribution in [2.24, 2.45) is 0 Å². The van der Waals surface area contributed by atoms with Crippen molar-refractivity contribution in [2.45, 2.75) is 116 Å². The zero-order valence-electron chi connectivity index (χ0n) is 32.0. The van der Waals surface area contributed by atoms with E-state index in [0.717, 1.165) is 30.0 Å². The zero-order valence-corrected chi connectivity index (χ0v) is 33.0. The van der Waals surface area contributed by atoms with Crippen molar-refractivity contribution in [2.75, 3.05) is 24.4 Å². The molecule has 1 saturated carbocycles. The van der Waals surface area contributed by atoms with Gasteiger partial charge in [0.25, 0.3) is 5.91 Å². The van der Waals surface area contributed by atoms with Crippen LogP contribution in [0.15, 0.2) is 42.6 Å². The number of rotatable bonds is 11. The van der Waals surface area contributed by atoms with Gasteiger partial charge in [-0.05, 0) is 99.9 Å². The van der Waals surface area contributed by atoms with Crippen LogP contribution in [0.4, 0.5) is 21.0 Å². The van der Waals surface area contributed by atoms with Crippen LogP contribution in [0.3, 0.4) is 0 Å². The smallest absolute Gasteiger partial charge is 0.411 e. The summed E-state index contributed by atoms with van der Waals surface area (Å²) in [5.41, 5.74) is 4.14. The van der Waals surface area contributed by atoms with Crippen molar-refractivity contribution in [1.82, 2.24) is 20.2 Å². The molecule has 0 radical (unpaired) electrons. The molecule has 1 aliphatic carbocycles. The first kappa shape index (κ1) is 39.5. The number of ether oxygens (including phenoxy) is 3. The molecule has 0 unspecified atom stereocenters. The number of nitrogens with one attached hydrogen (secondary N) is 4. The Hall–Kier alpha value is -4.69. The standard InChI is InChI=1S/C39H54N6O7Si/c1-39(2,3)52-37(48)40-22-27-15-14-26(20-30(27)25-12-13-25)36(47)44-31-10-8-9-11-34(46)42-32-21-28(41-38(49)50-4)16-17-29(32)33-23-45(35(31)43-33)24-51-18-19-53(5,6)7/h14-17,20-21,23,25,31H,8-13,18-19,22,24H2,1-7H3,(H,40,48)(H,41,49)(H,42,46)(H,44,47)/t31-/m0/s1. The second-order valence-electron chi connectivity index (χ2n) is 16.0. The van der Waals surface area contributed by atoms with Crippen LogP contribution in [0, 0.1) is 0 Å². The van der Waals surface area contributed by atoms with Gasteiger partial charge in [0, 0.05) is 50.7 Å². The molecule has 2 heterocycles. The lowest BCUT2D eigenvalue weighted by Gasteiger charge is -2.22. The maximum absolute atomic E-state index is 14.0. The topological polar surface area (TPSA) is 162 Å². The van der Waals surface area contributed by atoms with E-state index in [0.29, 0.717) is 72.4 Å². The number of carbonyl (C=O) groups excluding carboxylic acids is 4. The molecule has 286 valence electrons. The molecule has 5 rings (SSSR count). The van der Waals surface area contributed by atoms with Crippen LogP contribution in [-0.2, 0) is 32.3 Å². The lowest BCUT2D eigenvalue weighted by Crippen LogP contribution is -2.32.